The second kappa shape index (κ2) is 8.59. The van der Waals surface area contributed by atoms with Gasteiger partial charge in [-0.2, -0.15) is 0 Å². The van der Waals surface area contributed by atoms with Gasteiger partial charge in [0.05, 0.1) is 17.1 Å². The van der Waals surface area contributed by atoms with E-state index in [1.165, 1.54) is 60.9 Å². The molecule has 2 heterocycles. The molecule has 40 heavy (non-hydrogen) atoms. The molecule has 0 fully saturated rings. The summed E-state index contributed by atoms with van der Waals surface area (Å²) in [4.78, 5) is 0. The number of nitrogens with zero attached hydrogens (tertiary/aromatic N) is 1. The molecule has 8 rings (SSSR count). The molecular formula is C38H30N2. The first-order chi connectivity index (χ1) is 19.6. The highest BCUT2D eigenvalue weighted by Gasteiger charge is 2.38. The van der Waals surface area contributed by atoms with E-state index in [1.54, 1.807) is 0 Å². The van der Waals surface area contributed by atoms with E-state index >= 15 is 0 Å². The van der Waals surface area contributed by atoms with Gasteiger partial charge in [0.25, 0.3) is 0 Å². The molecule has 0 spiro atoms. The van der Waals surface area contributed by atoms with E-state index in [0.29, 0.717) is 0 Å². The Morgan fingerprint density at radius 2 is 1.43 bits per heavy atom. The quantitative estimate of drug-likeness (QED) is 0.249. The Labute approximate surface area is 234 Å². The third-order valence-corrected chi connectivity index (χ3v) is 8.81. The van der Waals surface area contributed by atoms with Crippen molar-refractivity contribution in [3.63, 3.8) is 0 Å². The Balaban J connectivity index is 1.37. The molecule has 0 amide bonds. The standard InChI is InChI=1S/C38H30N2/c1-38(2)31-17-10-9-16-28(31)29-21-23-35-36(37(29)38)30-24-26(20-22-34(30)40(35)27-14-7-4-8-15-27)33-19-11-18-32(39-33)25-12-5-3-6-13-25/h3-24,33,39H,1-2H3. The predicted molar refractivity (Wildman–Crippen MR) is 168 cm³/mol. The number of para-hydroxylation sites is 1. The van der Waals surface area contributed by atoms with Crippen molar-refractivity contribution in [1.29, 1.82) is 0 Å². The largest absolute Gasteiger partial charge is 0.374 e. The minimum Gasteiger partial charge on any atom is -0.374 e. The molecule has 2 heteroatoms. The summed E-state index contributed by atoms with van der Waals surface area (Å²) in [6.45, 7) is 4.77. The summed E-state index contributed by atoms with van der Waals surface area (Å²) in [5, 5.41) is 6.45. The van der Waals surface area contributed by atoms with Crippen LogP contribution < -0.4 is 5.32 Å². The zero-order valence-corrected chi connectivity index (χ0v) is 22.7. The highest BCUT2D eigenvalue weighted by molar-refractivity contribution is 6.14. The Hall–Kier alpha value is -4.82. The summed E-state index contributed by atoms with van der Waals surface area (Å²) in [7, 11) is 0. The van der Waals surface area contributed by atoms with Gasteiger partial charge < -0.3 is 9.88 Å². The monoisotopic (exact) mass is 514 g/mol. The van der Waals surface area contributed by atoms with Gasteiger partial charge in [-0.15, -0.1) is 0 Å². The fourth-order valence-corrected chi connectivity index (χ4v) is 6.97. The number of aromatic nitrogens is 1. The van der Waals surface area contributed by atoms with Crippen molar-refractivity contribution in [2.24, 2.45) is 0 Å². The fraction of sp³-hybridized carbons (Fsp3) is 0.105. The zero-order valence-electron chi connectivity index (χ0n) is 22.7. The van der Waals surface area contributed by atoms with Gasteiger partial charge >= 0.3 is 0 Å². The van der Waals surface area contributed by atoms with Crippen LogP contribution in [-0.4, -0.2) is 4.57 Å². The lowest BCUT2D eigenvalue weighted by atomic mass is 9.80. The van der Waals surface area contributed by atoms with E-state index in [9.17, 15) is 0 Å². The fourth-order valence-electron chi connectivity index (χ4n) is 6.97. The van der Waals surface area contributed by atoms with Gasteiger partial charge in [0.1, 0.15) is 0 Å². The zero-order chi connectivity index (χ0) is 26.8. The molecule has 1 aromatic heterocycles. The van der Waals surface area contributed by atoms with E-state index < -0.39 is 0 Å². The molecule has 1 aliphatic heterocycles. The number of dihydropyridines is 1. The van der Waals surface area contributed by atoms with Crippen LogP contribution in [0.15, 0.2) is 133 Å². The molecule has 0 saturated heterocycles. The average Bonchev–Trinajstić information content (AvgIpc) is 3.46. The lowest BCUT2D eigenvalue weighted by Gasteiger charge is -2.23. The van der Waals surface area contributed by atoms with Gasteiger partial charge in [-0.05, 0) is 69.8 Å². The molecule has 6 aromatic rings. The predicted octanol–water partition coefficient (Wildman–Crippen LogP) is 9.33. The van der Waals surface area contributed by atoms with Crippen LogP contribution in [0.3, 0.4) is 0 Å². The maximum absolute atomic E-state index is 3.79. The van der Waals surface area contributed by atoms with Crippen molar-refractivity contribution < 1.29 is 0 Å². The first-order valence-electron chi connectivity index (χ1n) is 14.1. The Morgan fingerprint density at radius 1 is 0.700 bits per heavy atom. The molecule has 0 radical (unpaired) electrons. The number of benzene rings is 5. The smallest absolute Gasteiger partial charge is 0.0701 e. The van der Waals surface area contributed by atoms with Gasteiger partial charge in [-0.1, -0.05) is 111 Å². The first-order valence-corrected chi connectivity index (χ1v) is 14.1. The normalized spacial score (nSPS) is 16.9. The van der Waals surface area contributed by atoms with Crippen molar-refractivity contribution in [1.82, 2.24) is 9.88 Å². The molecule has 2 nitrogen and oxygen atoms in total. The topological polar surface area (TPSA) is 17.0 Å². The Bertz CT molecular complexity index is 1990. The maximum Gasteiger partial charge on any atom is 0.0701 e. The Morgan fingerprint density at radius 3 is 2.25 bits per heavy atom. The maximum atomic E-state index is 3.79. The minimum atomic E-state index is -0.0938. The minimum absolute atomic E-state index is 0.0938. The summed E-state index contributed by atoms with van der Waals surface area (Å²) in [6.07, 6.45) is 6.60. The van der Waals surface area contributed by atoms with E-state index in [0.717, 1.165) is 5.70 Å². The van der Waals surface area contributed by atoms with Gasteiger partial charge in [0, 0.05) is 27.6 Å². The lowest BCUT2D eigenvalue weighted by Crippen LogP contribution is -2.20. The molecule has 192 valence electrons. The molecule has 2 aliphatic rings. The average molecular weight is 515 g/mol. The molecule has 1 atom stereocenters. The molecule has 1 unspecified atom stereocenters. The molecule has 0 bridgehead atoms. The third-order valence-electron chi connectivity index (χ3n) is 8.81. The number of hydrogen-bond donors (Lipinski definition) is 1. The van der Waals surface area contributed by atoms with Gasteiger partial charge in [-0.3, -0.25) is 0 Å². The van der Waals surface area contributed by atoms with Gasteiger partial charge in [-0.25, -0.2) is 0 Å². The van der Waals surface area contributed by atoms with Crippen LogP contribution in [0.25, 0.3) is 44.3 Å². The molecule has 5 aromatic carbocycles. The highest BCUT2D eigenvalue weighted by Crippen LogP contribution is 2.53. The number of rotatable bonds is 3. The van der Waals surface area contributed by atoms with Crippen LogP contribution in [0.4, 0.5) is 0 Å². The highest BCUT2D eigenvalue weighted by atomic mass is 15.0. The molecular weight excluding hydrogens is 484 g/mol. The molecule has 1 N–H and O–H groups in total. The van der Waals surface area contributed by atoms with Crippen molar-refractivity contribution in [2.45, 2.75) is 25.3 Å². The summed E-state index contributed by atoms with van der Waals surface area (Å²) >= 11 is 0. The van der Waals surface area contributed by atoms with Crippen molar-refractivity contribution in [2.75, 3.05) is 0 Å². The van der Waals surface area contributed by atoms with E-state index in [1.807, 2.05) is 0 Å². The van der Waals surface area contributed by atoms with Crippen LogP contribution in [0, 0.1) is 0 Å². The number of allylic oxidation sites excluding steroid dienone is 2. The second-order valence-electron chi connectivity index (χ2n) is 11.5. The van der Waals surface area contributed by atoms with Gasteiger partial charge in [0.15, 0.2) is 0 Å². The van der Waals surface area contributed by atoms with Crippen LogP contribution in [0.5, 0.6) is 0 Å². The van der Waals surface area contributed by atoms with Crippen LogP contribution in [0.1, 0.15) is 42.1 Å². The van der Waals surface area contributed by atoms with Crippen molar-refractivity contribution in [3.8, 4) is 16.8 Å². The number of nitrogens with one attached hydrogen (secondary N) is 1. The second-order valence-corrected chi connectivity index (χ2v) is 11.5. The van der Waals surface area contributed by atoms with Gasteiger partial charge in [0.2, 0.25) is 0 Å². The summed E-state index contributed by atoms with van der Waals surface area (Å²) in [5.41, 5.74) is 12.8. The van der Waals surface area contributed by atoms with E-state index in [2.05, 4.69) is 157 Å². The lowest BCUT2D eigenvalue weighted by molar-refractivity contribution is 0.666. The SMILES string of the molecule is CC1(C)c2ccccc2-c2ccc3c(c21)c1cc(C2C=CC=C(c4ccccc4)N2)ccc1n3-c1ccccc1. The van der Waals surface area contributed by atoms with Crippen molar-refractivity contribution in [3.05, 3.63) is 156 Å². The number of hydrogen-bond acceptors (Lipinski definition) is 1. The summed E-state index contributed by atoms with van der Waals surface area (Å²) in [5.74, 6) is 0. The summed E-state index contributed by atoms with van der Waals surface area (Å²) < 4.78 is 2.44. The Kier molecular flexibility index (Phi) is 4.96. The van der Waals surface area contributed by atoms with Crippen molar-refractivity contribution >= 4 is 27.5 Å². The molecule has 0 saturated carbocycles. The third kappa shape index (κ3) is 3.29. The summed E-state index contributed by atoms with van der Waals surface area (Å²) in [6, 6.07) is 42.1. The van der Waals surface area contributed by atoms with E-state index in [-0.39, 0.29) is 11.5 Å². The molecule has 1 aliphatic carbocycles. The number of fused-ring (bicyclic) bond motifs is 7. The van der Waals surface area contributed by atoms with E-state index in [4.69, 9.17) is 0 Å². The van der Waals surface area contributed by atoms with Crippen LogP contribution >= 0.6 is 0 Å². The first kappa shape index (κ1) is 23.1. The van der Waals surface area contributed by atoms with Crippen LogP contribution in [0.2, 0.25) is 0 Å². The van der Waals surface area contributed by atoms with Crippen LogP contribution in [-0.2, 0) is 5.41 Å².